The summed E-state index contributed by atoms with van der Waals surface area (Å²) in [6.07, 6.45) is 86.6. The molecule has 0 aliphatic rings. The number of carbonyl (C=O) groups excluding carboxylic acids is 2. The van der Waals surface area contributed by atoms with Crippen LogP contribution in [0.25, 0.3) is 0 Å². The van der Waals surface area contributed by atoms with E-state index in [0.29, 0.717) is 25.9 Å². The van der Waals surface area contributed by atoms with Crippen LogP contribution in [0.5, 0.6) is 0 Å². The molecule has 0 saturated heterocycles. The van der Waals surface area contributed by atoms with Crippen molar-refractivity contribution in [1.82, 2.24) is 5.32 Å². The number of unbranched alkanes of at least 4 members (excludes halogenated alkanes) is 53. The highest BCUT2D eigenvalue weighted by atomic mass is 16.5. The van der Waals surface area contributed by atoms with E-state index in [2.05, 4.69) is 43.5 Å². The minimum atomic E-state index is -0.663. The third-order valence-corrected chi connectivity index (χ3v) is 17.0. The summed E-state index contributed by atoms with van der Waals surface area (Å²) in [6.45, 7) is 4.95. The summed E-state index contributed by atoms with van der Waals surface area (Å²) in [5, 5.41) is 23.4. The number of carbonyl (C=O) groups is 2. The highest BCUT2D eigenvalue weighted by Crippen LogP contribution is 2.19. The van der Waals surface area contributed by atoms with Crippen molar-refractivity contribution in [3.05, 3.63) is 24.3 Å². The molecule has 0 aromatic heterocycles. The van der Waals surface area contributed by atoms with Gasteiger partial charge in [-0.2, -0.15) is 0 Å². The van der Waals surface area contributed by atoms with Gasteiger partial charge in [0.1, 0.15) is 0 Å². The zero-order chi connectivity index (χ0) is 57.1. The number of esters is 1. The molecule has 79 heavy (non-hydrogen) atoms. The van der Waals surface area contributed by atoms with E-state index in [9.17, 15) is 19.8 Å². The molecule has 468 valence electrons. The first-order valence-electron chi connectivity index (χ1n) is 36.1. The molecule has 0 spiro atoms. The van der Waals surface area contributed by atoms with E-state index in [0.717, 1.165) is 51.4 Å². The van der Waals surface area contributed by atoms with Crippen molar-refractivity contribution in [3.63, 3.8) is 0 Å². The fourth-order valence-corrected chi connectivity index (χ4v) is 11.5. The summed E-state index contributed by atoms with van der Waals surface area (Å²) in [5.74, 6) is -0.0235. The Morgan fingerprint density at radius 2 is 0.646 bits per heavy atom. The first-order chi connectivity index (χ1) is 39.0. The maximum atomic E-state index is 12.6. The maximum Gasteiger partial charge on any atom is 0.305 e. The molecule has 0 aliphatic carbocycles. The van der Waals surface area contributed by atoms with Gasteiger partial charge in [-0.15, -0.1) is 0 Å². The van der Waals surface area contributed by atoms with E-state index in [4.69, 9.17) is 4.74 Å². The van der Waals surface area contributed by atoms with Crippen molar-refractivity contribution in [1.29, 1.82) is 0 Å². The summed E-state index contributed by atoms with van der Waals surface area (Å²) in [6, 6.07) is -0.540. The van der Waals surface area contributed by atoms with Gasteiger partial charge >= 0.3 is 5.97 Å². The summed E-state index contributed by atoms with van der Waals surface area (Å²) in [5.41, 5.74) is 0. The van der Waals surface area contributed by atoms with E-state index in [-0.39, 0.29) is 18.5 Å². The van der Waals surface area contributed by atoms with E-state index in [1.165, 1.54) is 321 Å². The van der Waals surface area contributed by atoms with Crippen LogP contribution in [0.4, 0.5) is 0 Å². The number of aliphatic hydroxyl groups excluding tert-OH is 2. The molecule has 0 saturated carbocycles. The van der Waals surface area contributed by atoms with Gasteiger partial charge in [-0.25, -0.2) is 0 Å². The molecule has 0 aromatic rings. The smallest absolute Gasteiger partial charge is 0.305 e. The van der Waals surface area contributed by atoms with E-state index in [1.807, 2.05) is 0 Å². The zero-order valence-corrected chi connectivity index (χ0v) is 53.6. The van der Waals surface area contributed by atoms with Gasteiger partial charge < -0.3 is 20.3 Å². The van der Waals surface area contributed by atoms with Gasteiger partial charge in [0, 0.05) is 12.8 Å². The number of hydrogen-bond donors (Lipinski definition) is 3. The number of ether oxygens (including phenoxy) is 1. The fourth-order valence-electron chi connectivity index (χ4n) is 11.5. The molecule has 0 heterocycles. The highest BCUT2D eigenvalue weighted by molar-refractivity contribution is 5.76. The Labute approximate surface area is 494 Å². The molecule has 0 radical (unpaired) electrons. The molecule has 6 nitrogen and oxygen atoms in total. The van der Waals surface area contributed by atoms with Crippen LogP contribution in [-0.2, 0) is 14.3 Å². The quantitative estimate of drug-likeness (QED) is 0.0320. The Morgan fingerprint density at radius 1 is 0.354 bits per heavy atom. The molecular formula is C73H141NO5. The fraction of sp³-hybridized carbons (Fsp3) is 0.918. The third kappa shape index (κ3) is 65.4. The Hall–Kier alpha value is -1.66. The second-order valence-electron chi connectivity index (χ2n) is 24.9. The second-order valence-corrected chi connectivity index (χ2v) is 24.9. The molecule has 0 aliphatic heterocycles. The second kappa shape index (κ2) is 68.8. The van der Waals surface area contributed by atoms with Crippen molar-refractivity contribution in [2.45, 2.75) is 418 Å². The zero-order valence-electron chi connectivity index (χ0n) is 53.6. The van der Waals surface area contributed by atoms with Gasteiger partial charge in [0.05, 0.1) is 25.4 Å². The number of amides is 1. The van der Waals surface area contributed by atoms with Gasteiger partial charge in [0.15, 0.2) is 0 Å². The summed E-state index contributed by atoms with van der Waals surface area (Å²) >= 11 is 0. The van der Waals surface area contributed by atoms with Crippen LogP contribution < -0.4 is 5.32 Å². The minimum absolute atomic E-state index is 0.00421. The summed E-state index contributed by atoms with van der Waals surface area (Å²) in [7, 11) is 0. The predicted molar refractivity (Wildman–Crippen MR) is 347 cm³/mol. The van der Waals surface area contributed by atoms with Crippen molar-refractivity contribution in [2.24, 2.45) is 0 Å². The van der Waals surface area contributed by atoms with Gasteiger partial charge in [-0.1, -0.05) is 366 Å². The molecule has 2 atom stereocenters. The average Bonchev–Trinajstić information content (AvgIpc) is 3.45. The molecule has 0 rings (SSSR count). The normalized spacial score (nSPS) is 12.6. The lowest BCUT2D eigenvalue weighted by molar-refractivity contribution is -0.143. The lowest BCUT2D eigenvalue weighted by Crippen LogP contribution is -2.45. The predicted octanol–water partition coefficient (Wildman–Crippen LogP) is 23.3. The maximum absolute atomic E-state index is 12.6. The van der Waals surface area contributed by atoms with Crippen LogP contribution in [0.3, 0.4) is 0 Å². The van der Waals surface area contributed by atoms with Crippen molar-refractivity contribution in [3.8, 4) is 0 Å². The molecule has 0 aromatic carbocycles. The monoisotopic (exact) mass is 1110 g/mol. The van der Waals surface area contributed by atoms with Crippen LogP contribution in [0, 0.1) is 0 Å². The summed E-state index contributed by atoms with van der Waals surface area (Å²) in [4.78, 5) is 24.6. The lowest BCUT2D eigenvalue weighted by atomic mass is 10.0. The van der Waals surface area contributed by atoms with Crippen LogP contribution in [0.15, 0.2) is 24.3 Å². The molecule has 2 unspecified atom stereocenters. The van der Waals surface area contributed by atoms with Crippen molar-refractivity contribution in [2.75, 3.05) is 13.2 Å². The number of aliphatic hydroxyl groups is 2. The molecule has 6 heteroatoms. The van der Waals surface area contributed by atoms with Gasteiger partial charge in [0.2, 0.25) is 5.91 Å². The lowest BCUT2D eigenvalue weighted by Gasteiger charge is -2.22. The van der Waals surface area contributed by atoms with Crippen LogP contribution in [0.1, 0.15) is 406 Å². The third-order valence-electron chi connectivity index (χ3n) is 17.0. The molecule has 1 amide bonds. The molecule has 0 fully saturated rings. The minimum Gasteiger partial charge on any atom is -0.466 e. The number of hydrogen-bond acceptors (Lipinski definition) is 5. The van der Waals surface area contributed by atoms with Crippen molar-refractivity contribution >= 4 is 11.9 Å². The number of nitrogens with one attached hydrogen (secondary N) is 1. The van der Waals surface area contributed by atoms with E-state index >= 15 is 0 Å². The number of allylic oxidation sites excluding steroid dienone is 4. The summed E-state index contributed by atoms with van der Waals surface area (Å²) < 4.78 is 5.48. The first kappa shape index (κ1) is 77.3. The average molecular weight is 1110 g/mol. The molecule has 0 bridgehead atoms. The molecular weight excluding hydrogens is 971 g/mol. The number of rotatable bonds is 68. The topological polar surface area (TPSA) is 95.9 Å². The van der Waals surface area contributed by atoms with Gasteiger partial charge in [-0.3, -0.25) is 9.59 Å². The SMILES string of the molecule is CCCC/C=C\C/C=C\CCCCCCCC(=O)OCCCCCCCCCCCCCCCCCCCCCCCCCCCCCC(=O)NC(CO)C(O)CCCCCCCCCCCCCCCCCCCCCCC. The van der Waals surface area contributed by atoms with Gasteiger partial charge in [0.25, 0.3) is 0 Å². The highest BCUT2D eigenvalue weighted by Gasteiger charge is 2.20. The van der Waals surface area contributed by atoms with E-state index < -0.39 is 12.1 Å². The Kier molecular flexibility index (Phi) is 67.4. The van der Waals surface area contributed by atoms with Crippen LogP contribution >= 0.6 is 0 Å². The van der Waals surface area contributed by atoms with Gasteiger partial charge in [-0.05, 0) is 51.4 Å². The van der Waals surface area contributed by atoms with Crippen LogP contribution in [-0.4, -0.2) is 47.4 Å². The first-order valence-corrected chi connectivity index (χ1v) is 36.1. The van der Waals surface area contributed by atoms with Crippen molar-refractivity contribution < 1.29 is 24.5 Å². The molecule has 3 N–H and O–H groups in total. The Bertz CT molecular complexity index is 1230. The Morgan fingerprint density at radius 3 is 1.00 bits per heavy atom. The van der Waals surface area contributed by atoms with Crippen LogP contribution in [0.2, 0.25) is 0 Å². The Balaban J connectivity index is 3.35. The largest absolute Gasteiger partial charge is 0.466 e. The van der Waals surface area contributed by atoms with E-state index in [1.54, 1.807) is 0 Å². The standard InChI is InChI=1S/C73H141NO5/c1-3-5-7-9-11-13-15-17-19-20-21-29-32-35-38-41-45-49-53-57-61-65-71(76)70(69-75)74-72(77)66-62-58-54-50-46-42-39-36-33-30-27-25-23-22-24-26-28-31-34-37-40-44-48-52-56-60-64-68-79-73(78)67-63-59-55-51-47-43-18-16-14-12-10-8-6-4-2/h10,12,16,18,70-71,75-76H,3-9,11,13-15,17,19-69H2,1-2H3,(H,74,77)/b12-10-,18-16-.